The molecule has 1 aliphatic carbocycles. The first-order chi connectivity index (χ1) is 9.22. The third-order valence-electron chi connectivity index (χ3n) is 2.84. The molecule has 19 heavy (non-hydrogen) atoms. The fourth-order valence-electron chi connectivity index (χ4n) is 1.58. The van der Waals surface area contributed by atoms with Crippen LogP contribution in [0.4, 0.5) is 5.69 Å². The Kier molecular flexibility index (Phi) is 5.00. The molecule has 0 atom stereocenters. The molecule has 1 aromatic rings. The minimum absolute atomic E-state index is 0.169. The van der Waals surface area contributed by atoms with Crippen LogP contribution in [0.1, 0.15) is 12.8 Å². The van der Waals surface area contributed by atoms with E-state index in [-0.39, 0.29) is 12.1 Å². The average Bonchev–Trinajstić information content (AvgIpc) is 3.21. The van der Waals surface area contributed by atoms with Gasteiger partial charge in [0.05, 0.1) is 18.5 Å². The Hall–Kier alpha value is -1.32. The minimum atomic E-state index is -0.234. The van der Waals surface area contributed by atoms with E-state index in [0.717, 1.165) is 12.5 Å². The van der Waals surface area contributed by atoms with Crippen molar-refractivity contribution in [2.24, 2.45) is 5.92 Å². The van der Waals surface area contributed by atoms with E-state index < -0.39 is 0 Å². The van der Waals surface area contributed by atoms with Gasteiger partial charge in [0, 0.05) is 13.2 Å². The number of halogens is 1. The van der Waals surface area contributed by atoms with Gasteiger partial charge in [0.25, 0.3) is 5.56 Å². The molecule has 1 aliphatic rings. The van der Waals surface area contributed by atoms with Crippen LogP contribution >= 0.6 is 15.9 Å². The Morgan fingerprint density at radius 1 is 1.63 bits per heavy atom. The number of ether oxygens (including phenoxy) is 1. The van der Waals surface area contributed by atoms with Crippen LogP contribution in [0.25, 0.3) is 0 Å². The van der Waals surface area contributed by atoms with Crippen LogP contribution in [0.2, 0.25) is 0 Å². The number of rotatable bonds is 7. The van der Waals surface area contributed by atoms with Crippen molar-refractivity contribution in [3.63, 3.8) is 0 Å². The van der Waals surface area contributed by atoms with Gasteiger partial charge in [-0.05, 0) is 34.7 Å². The van der Waals surface area contributed by atoms with Crippen LogP contribution in [0.5, 0.6) is 0 Å². The standard InChI is InChI=1S/C13H16BrN3O2/c1-2-6-17-13(18)12(14)11(8-16-17)15-5-7-19-9-10-3-4-10/h1,8,10,15H,3-7,9H2. The lowest BCUT2D eigenvalue weighted by molar-refractivity contribution is 0.134. The van der Waals surface area contributed by atoms with Gasteiger partial charge in [-0.1, -0.05) is 5.92 Å². The molecular weight excluding hydrogens is 310 g/mol. The van der Waals surface area contributed by atoms with Gasteiger partial charge < -0.3 is 10.1 Å². The molecule has 0 aromatic carbocycles. The van der Waals surface area contributed by atoms with Gasteiger partial charge >= 0.3 is 0 Å². The highest BCUT2D eigenvalue weighted by molar-refractivity contribution is 9.10. The van der Waals surface area contributed by atoms with E-state index in [2.05, 4.69) is 32.3 Å². The van der Waals surface area contributed by atoms with Crippen molar-refractivity contribution in [3.05, 3.63) is 21.0 Å². The first-order valence-corrected chi connectivity index (χ1v) is 7.02. The molecule has 6 heteroatoms. The molecule has 1 aromatic heterocycles. The summed E-state index contributed by atoms with van der Waals surface area (Å²) in [4.78, 5) is 11.9. The topological polar surface area (TPSA) is 56.1 Å². The van der Waals surface area contributed by atoms with Crippen LogP contribution in [0.15, 0.2) is 15.5 Å². The molecule has 0 unspecified atom stereocenters. The summed E-state index contributed by atoms with van der Waals surface area (Å²) >= 11 is 3.26. The lowest BCUT2D eigenvalue weighted by atomic mass is 10.4. The van der Waals surface area contributed by atoms with E-state index >= 15 is 0 Å². The number of hydrogen-bond acceptors (Lipinski definition) is 4. The van der Waals surface area contributed by atoms with Crippen LogP contribution < -0.4 is 10.9 Å². The number of aromatic nitrogens is 2. The molecule has 1 saturated carbocycles. The first-order valence-electron chi connectivity index (χ1n) is 6.23. The lowest BCUT2D eigenvalue weighted by Crippen LogP contribution is -2.24. The molecule has 0 saturated heterocycles. The zero-order valence-electron chi connectivity index (χ0n) is 10.6. The summed E-state index contributed by atoms with van der Waals surface area (Å²) in [5.74, 6) is 3.15. The number of terminal acetylenes is 1. The van der Waals surface area contributed by atoms with Gasteiger partial charge in [-0.15, -0.1) is 6.42 Å². The molecule has 2 rings (SSSR count). The molecular formula is C13H16BrN3O2. The van der Waals surface area contributed by atoms with Gasteiger partial charge in [0.15, 0.2) is 0 Å². The second-order valence-electron chi connectivity index (χ2n) is 4.48. The second-order valence-corrected chi connectivity index (χ2v) is 5.28. The fraction of sp³-hybridized carbons (Fsp3) is 0.538. The van der Waals surface area contributed by atoms with Crippen molar-refractivity contribution in [3.8, 4) is 12.3 Å². The Balaban J connectivity index is 1.84. The minimum Gasteiger partial charge on any atom is -0.380 e. The molecule has 0 radical (unpaired) electrons. The highest BCUT2D eigenvalue weighted by atomic mass is 79.9. The van der Waals surface area contributed by atoms with Crippen LogP contribution in [0.3, 0.4) is 0 Å². The quantitative estimate of drug-likeness (QED) is 0.609. The van der Waals surface area contributed by atoms with Gasteiger partial charge in [-0.3, -0.25) is 4.79 Å². The monoisotopic (exact) mass is 325 g/mol. The third kappa shape index (κ3) is 4.08. The van der Waals surface area contributed by atoms with Gasteiger partial charge in [0.2, 0.25) is 0 Å². The zero-order valence-corrected chi connectivity index (χ0v) is 12.1. The van der Waals surface area contributed by atoms with Crippen molar-refractivity contribution >= 4 is 21.6 Å². The van der Waals surface area contributed by atoms with Crippen molar-refractivity contribution in [1.29, 1.82) is 0 Å². The molecule has 0 aliphatic heterocycles. The molecule has 1 fully saturated rings. The van der Waals surface area contributed by atoms with E-state index in [1.807, 2.05) is 0 Å². The number of nitrogens with one attached hydrogen (secondary N) is 1. The Labute approximate surface area is 120 Å². The maximum atomic E-state index is 11.9. The van der Waals surface area contributed by atoms with E-state index in [0.29, 0.717) is 23.3 Å². The normalized spacial score (nSPS) is 14.1. The lowest BCUT2D eigenvalue weighted by Gasteiger charge is -2.09. The summed E-state index contributed by atoms with van der Waals surface area (Å²) in [5, 5.41) is 7.11. The van der Waals surface area contributed by atoms with E-state index in [4.69, 9.17) is 11.2 Å². The maximum absolute atomic E-state index is 11.9. The van der Waals surface area contributed by atoms with Gasteiger partial charge in [0.1, 0.15) is 11.0 Å². The van der Waals surface area contributed by atoms with Gasteiger partial charge in [-0.25, -0.2) is 4.68 Å². The molecule has 1 heterocycles. The molecule has 5 nitrogen and oxygen atoms in total. The summed E-state index contributed by atoms with van der Waals surface area (Å²) < 4.78 is 7.18. The fourth-order valence-corrected chi connectivity index (χ4v) is 2.03. The number of anilines is 1. The van der Waals surface area contributed by atoms with E-state index in [1.54, 1.807) is 6.20 Å². The number of hydrogen-bond donors (Lipinski definition) is 1. The Morgan fingerprint density at radius 2 is 2.42 bits per heavy atom. The summed E-state index contributed by atoms with van der Waals surface area (Å²) in [5.41, 5.74) is 0.426. The summed E-state index contributed by atoms with van der Waals surface area (Å²) in [7, 11) is 0. The maximum Gasteiger partial charge on any atom is 0.284 e. The summed E-state index contributed by atoms with van der Waals surface area (Å²) in [6.07, 6.45) is 9.33. The average molecular weight is 326 g/mol. The summed E-state index contributed by atoms with van der Waals surface area (Å²) in [6, 6.07) is 0. The van der Waals surface area contributed by atoms with Crippen molar-refractivity contribution in [2.75, 3.05) is 25.1 Å². The highest BCUT2D eigenvalue weighted by Gasteiger charge is 2.20. The van der Waals surface area contributed by atoms with Crippen LogP contribution in [0, 0.1) is 18.3 Å². The smallest absolute Gasteiger partial charge is 0.284 e. The molecule has 0 bridgehead atoms. The van der Waals surface area contributed by atoms with Crippen molar-refractivity contribution in [1.82, 2.24) is 9.78 Å². The van der Waals surface area contributed by atoms with Crippen LogP contribution in [-0.4, -0.2) is 29.5 Å². The molecule has 1 N–H and O–H groups in total. The molecule has 0 spiro atoms. The molecule has 102 valence electrons. The van der Waals surface area contributed by atoms with E-state index in [9.17, 15) is 4.79 Å². The predicted octanol–water partition coefficient (Wildman–Crippen LogP) is 1.48. The largest absolute Gasteiger partial charge is 0.380 e. The SMILES string of the molecule is C#CCn1ncc(NCCOCC2CC2)c(Br)c1=O. The van der Waals surface area contributed by atoms with Crippen molar-refractivity contribution < 1.29 is 4.74 Å². The van der Waals surface area contributed by atoms with Crippen LogP contribution in [-0.2, 0) is 11.3 Å². The summed E-state index contributed by atoms with van der Waals surface area (Å²) in [6.45, 7) is 2.27. The Morgan fingerprint density at radius 3 is 3.11 bits per heavy atom. The zero-order chi connectivity index (χ0) is 13.7. The number of nitrogens with zero attached hydrogens (tertiary/aromatic N) is 2. The van der Waals surface area contributed by atoms with Gasteiger partial charge in [-0.2, -0.15) is 5.10 Å². The van der Waals surface area contributed by atoms with E-state index in [1.165, 1.54) is 17.5 Å². The highest BCUT2D eigenvalue weighted by Crippen LogP contribution is 2.28. The van der Waals surface area contributed by atoms with Crippen molar-refractivity contribution in [2.45, 2.75) is 19.4 Å². The predicted molar refractivity (Wildman–Crippen MR) is 77.1 cm³/mol. The molecule has 0 amide bonds. The Bertz CT molecular complexity index is 532. The second kappa shape index (κ2) is 6.73. The third-order valence-corrected chi connectivity index (χ3v) is 3.60. The first kappa shape index (κ1) is 14.1.